The molecule has 6 rings (SSSR count). The monoisotopic (exact) mass is 439 g/mol. The van der Waals surface area contributed by atoms with Gasteiger partial charge in [0.2, 0.25) is 0 Å². The van der Waals surface area contributed by atoms with Crippen LogP contribution >= 0.6 is 0 Å². The van der Waals surface area contributed by atoms with Crippen molar-refractivity contribution in [2.75, 3.05) is 6.54 Å². The number of aliphatic hydroxyl groups excluding tert-OH is 1. The number of β-amino-alcohol motifs (C(OH)–C–C–N with tert-alkyl or cyclic N) is 1. The van der Waals surface area contributed by atoms with E-state index in [0.29, 0.717) is 19.4 Å². The Morgan fingerprint density at radius 2 is 1.45 bits per heavy atom. The van der Waals surface area contributed by atoms with Crippen molar-refractivity contribution < 1.29 is 14.7 Å². The van der Waals surface area contributed by atoms with Gasteiger partial charge in [-0.3, -0.25) is 9.69 Å². The summed E-state index contributed by atoms with van der Waals surface area (Å²) in [5.41, 5.74) is 3.48. The molecule has 2 N–H and O–H groups in total. The van der Waals surface area contributed by atoms with Crippen LogP contribution in [0.15, 0.2) is 72.8 Å². The highest BCUT2D eigenvalue weighted by Crippen LogP contribution is 2.34. The second-order valence-corrected chi connectivity index (χ2v) is 9.17. The van der Waals surface area contributed by atoms with Crippen LogP contribution < -0.4 is 5.32 Å². The van der Waals surface area contributed by atoms with Crippen LogP contribution in [0.3, 0.4) is 0 Å². The van der Waals surface area contributed by atoms with Crippen LogP contribution in [0.25, 0.3) is 21.8 Å². The minimum Gasteiger partial charge on any atom is -0.389 e. The lowest BCUT2D eigenvalue weighted by Crippen LogP contribution is -2.51. The Morgan fingerprint density at radius 3 is 2.15 bits per heavy atom. The molecule has 4 aromatic rings. The fourth-order valence-electron chi connectivity index (χ4n) is 5.55. The van der Waals surface area contributed by atoms with Crippen molar-refractivity contribution in [3.05, 3.63) is 83.9 Å². The number of para-hydroxylation sites is 2. The Kier molecular flexibility index (Phi) is 4.52. The molecule has 1 aliphatic carbocycles. The molecular formula is C27H25N3O3. The van der Waals surface area contributed by atoms with Gasteiger partial charge in [-0.1, -0.05) is 60.7 Å². The molecule has 2 atom stereocenters. The Hall–Kier alpha value is -3.64. The van der Waals surface area contributed by atoms with E-state index in [0.717, 1.165) is 33.8 Å². The molecule has 166 valence electrons. The maximum atomic E-state index is 13.4. The molecular weight excluding hydrogens is 414 g/mol. The van der Waals surface area contributed by atoms with E-state index < -0.39 is 17.7 Å². The Morgan fingerprint density at radius 1 is 0.848 bits per heavy atom. The van der Waals surface area contributed by atoms with Crippen LogP contribution in [-0.2, 0) is 24.2 Å². The topological polar surface area (TPSA) is 74.6 Å². The van der Waals surface area contributed by atoms with Crippen molar-refractivity contribution in [2.45, 2.75) is 37.5 Å². The van der Waals surface area contributed by atoms with Crippen molar-refractivity contribution in [1.82, 2.24) is 14.8 Å². The number of urea groups is 1. The number of nitrogens with zero attached hydrogens (tertiary/aromatic N) is 2. The van der Waals surface area contributed by atoms with Crippen LogP contribution in [0.2, 0.25) is 0 Å². The molecule has 1 spiro atoms. The van der Waals surface area contributed by atoms with E-state index in [1.807, 2.05) is 54.6 Å². The standard InChI is InChI=1S/C27H25N3O3/c31-20(16-29-23-11-5-3-9-21(23)22-10-4-6-12-24(22)29)17-30-25(32)27(28-26(30)33)14-13-18-7-1-2-8-19(18)15-27/h1-12,20,31H,13-17H2,(H,28,33). The summed E-state index contributed by atoms with van der Waals surface area (Å²) < 4.78 is 2.07. The Balaban J connectivity index is 1.25. The van der Waals surface area contributed by atoms with Gasteiger partial charge in [0.1, 0.15) is 5.54 Å². The molecule has 1 saturated heterocycles. The molecule has 1 fully saturated rings. The van der Waals surface area contributed by atoms with Gasteiger partial charge in [-0.2, -0.15) is 0 Å². The predicted octanol–water partition coefficient (Wildman–Crippen LogP) is 3.63. The van der Waals surface area contributed by atoms with Crippen LogP contribution in [0, 0.1) is 0 Å². The molecule has 0 radical (unpaired) electrons. The average molecular weight is 440 g/mol. The lowest BCUT2D eigenvalue weighted by Gasteiger charge is -2.32. The maximum Gasteiger partial charge on any atom is 0.325 e. The quantitative estimate of drug-likeness (QED) is 0.477. The smallest absolute Gasteiger partial charge is 0.325 e. The summed E-state index contributed by atoms with van der Waals surface area (Å²) >= 11 is 0. The third-order valence-corrected chi connectivity index (χ3v) is 7.14. The van der Waals surface area contributed by atoms with Gasteiger partial charge in [0.15, 0.2) is 0 Å². The van der Waals surface area contributed by atoms with Crippen LogP contribution in [0.1, 0.15) is 17.5 Å². The van der Waals surface area contributed by atoms with E-state index >= 15 is 0 Å². The second kappa shape index (κ2) is 7.46. The number of aryl methyl sites for hydroxylation is 1. The summed E-state index contributed by atoms with van der Waals surface area (Å²) in [5, 5.41) is 16.2. The molecule has 0 saturated carbocycles. The van der Waals surface area contributed by atoms with E-state index in [-0.39, 0.29) is 12.5 Å². The molecule has 3 aromatic carbocycles. The summed E-state index contributed by atoms with van der Waals surface area (Å²) in [7, 11) is 0. The number of aliphatic hydroxyl groups is 1. The molecule has 1 aliphatic heterocycles. The molecule has 6 nitrogen and oxygen atoms in total. The van der Waals surface area contributed by atoms with Crippen molar-refractivity contribution >= 4 is 33.7 Å². The molecule has 2 unspecified atom stereocenters. The van der Waals surface area contributed by atoms with Crippen LogP contribution in [0.4, 0.5) is 4.79 Å². The fraction of sp³-hybridized carbons (Fsp3) is 0.259. The van der Waals surface area contributed by atoms with Gasteiger partial charge in [0.25, 0.3) is 5.91 Å². The summed E-state index contributed by atoms with van der Waals surface area (Å²) in [6.07, 6.45) is 0.936. The molecule has 2 aliphatic rings. The number of imide groups is 1. The highest BCUT2D eigenvalue weighted by Gasteiger charge is 2.52. The SMILES string of the molecule is O=C1NC2(CCc3ccccc3C2)C(=O)N1CC(O)Cn1c2ccccc2c2ccccc21. The number of benzene rings is 3. The molecule has 33 heavy (non-hydrogen) atoms. The van der Waals surface area contributed by atoms with Crippen molar-refractivity contribution in [1.29, 1.82) is 0 Å². The molecule has 6 heteroatoms. The van der Waals surface area contributed by atoms with E-state index in [9.17, 15) is 14.7 Å². The zero-order valence-electron chi connectivity index (χ0n) is 18.2. The molecule has 3 amide bonds. The van der Waals surface area contributed by atoms with Gasteiger partial charge in [-0.15, -0.1) is 0 Å². The lowest BCUT2D eigenvalue weighted by molar-refractivity contribution is -0.132. The number of fused-ring (bicyclic) bond motifs is 4. The third kappa shape index (κ3) is 3.13. The van der Waals surface area contributed by atoms with Gasteiger partial charge in [-0.25, -0.2) is 4.79 Å². The summed E-state index contributed by atoms with van der Waals surface area (Å²) in [6, 6.07) is 23.8. The van der Waals surface area contributed by atoms with E-state index in [1.165, 1.54) is 10.5 Å². The number of hydrogen-bond donors (Lipinski definition) is 2. The number of rotatable bonds is 4. The maximum absolute atomic E-state index is 13.4. The zero-order chi connectivity index (χ0) is 22.6. The molecule has 1 aromatic heterocycles. The normalized spacial score (nSPS) is 21.1. The first-order valence-electron chi connectivity index (χ1n) is 11.4. The number of aromatic nitrogens is 1. The second-order valence-electron chi connectivity index (χ2n) is 9.17. The zero-order valence-corrected chi connectivity index (χ0v) is 18.2. The van der Waals surface area contributed by atoms with Gasteiger partial charge in [0.05, 0.1) is 19.2 Å². The van der Waals surface area contributed by atoms with E-state index in [2.05, 4.69) is 28.1 Å². The van der Waals surface area contributed by atoms with Gasteiger partial charge >= 0.3 is 6.03 Å². The number of hydrogen-bond acceptors (Lipinski definition) is 3. The third-order valence-electron chi connectivity index (χ3n) is 7.14. The van der Waals surface area contributed by atoms with Crippen molar-refractivity contribution in [3.8, 4) is 0 Å². The Labute approximate surface area is 191 Å². The van der Waals surface area contributed by atoms with Gasteiger partial charge in [-0.05, 0) is 36.1 Å². The molecule has 0 bridgehead atoms. The van der Waals surface area contributed by atoms with Gasteiger partial charge < -0.3 is 15.0 Å². The minimum absolute atomic E-state index is 0.0328. The Bertz CT molecular complexity index is 1360. The number of carbonyl (C=O) groups is 2. The van der Waals surface area contributed by atoms with Gasteiger partial charge in [0, 0.05) is 28.2 Å². The highest BCUT2D eigenvalue weighted by atomic mass is 16.3. The highest BCUT2D eigenvalue weighted by molar-refractivity contribution is 6.08. The average Bonchev–Trinajstić information content (AvgIpc) is 3.26. The minimum atomic E-state index is -0.905. The van der Waals surface area contributed by atoms with Crippen LogP contribution in [-0.4, -0.2) is 44.7 Å². The first-order chi connectivity index (χ1) is 16.1. The number of nitrogens with one attached hydrogen (secondary N) is 1. The van der Waals surface area contributed by atoms with E-state index in [1.54, 1.807) is 0 Å². The summed E-state index contributed by atoms with van der Waals surface area (Å²) in [4.78, 5) is 27.4. The predicted molar refractivity (Wildman–Crippen MR) is 127 cm³/mol. The van der Waals surface area contributed by atoms with Crippen LogP contribution in [0.5, 0.6) is 0 Å². The largest absolute Gasteiger partial charge is 0.389 e. The summed E-state index contributed by atoms with van der Waals surface area (Å²) in [5.74, 6) is -0.233. The number of amides is 3. The van der Waals surface area contributed by atoms with Crippen molar-refractivity contribution in [3.63, 3.8) is 0 Å². The lowest BCUT2D eigenvalue weighted by atomic mass is 9.78. The first kappa shape index (κ1) is 20.0. The summed E-state index contributed by atoms with van der Waals surface area (Å²) in [6.45, 7) is 0.260. The van der Waals surface area contributed by atoms with E-state index in [4.69, 9.17) is 0 Å². The molecule has 2 heterocycles. The van der Waals surface area contributed by atoms with Crippen molar-refractivity contribution in [2.24, 2.45) is 0 Å². The first-order valence-corrected chi connectivity index (χ1v) is 11.4. The number of carbonyl (C=O) groups excluding carboxylic acids is 2. The fourth-order valence-corrected chi connectivity index (χ4v) is 5.55.